The number of nitrogens with zero attached hydrogens (tertiary/aromatic N) is 4. The maximum Gasteiger partial charge on any atom is 0.317 e. The largest absolute Gasteiger partial charge is 0.495 e. The lowest BCUT2D eigenvalue weighted by molar-refractivity contribution is -0.130. The highest BCUT2D eigenvalue weighted by Gasteiger charge is 2.61. The molecule has 276 valence electrons. The molecule has 1 fully saturated rings. The summed E-state index contributed by atoms with van der Waals surface area (Å²) in [5.74, 6) is -0.835. The predicted molar refractivity (Wildman–Crippen MR) is 196 cm³/mol. The van der Waals surface area contributed by atoms with Crippen molar-refractivity contribution in [3.8, 4) is 22.2 Å². The number of urea groups is 1. The molecule has 3 atom stereocenters. The molecule has 0 spiro atoms. The third-order valence-corrected chi connectivity index (χ3v) is 11.6. The zero-order valence-electron chi connectivity index (χ0n) is 29.5. The summed E-state index contributed by atoms with van der Waals surface area (Å²) < 4.78 is 39.8. The van der Waals surface area contributed by atoms with Crippen LogP contribution in [0.1, 0.15) is 57.6 Å². The first-order chi connectivity index (χ1) is 24.2. The highest BCUT2D eigenvalue weighted by molar-refractivity contribution is 7.87. The lowest BCUT2D eigenvalue weighted by atomic mass is 10.1. The Hall–Kier alpha value is -3.99. The van der Waals surface area contributed by atoms with Crippen LogP contribution in [-0.4, -0.2) is 98.4 Å². The number of carbonyl (C=O) groups is 3. The Morgan fingerprint density at radius 2 is 1.98 bits per heavy atom. The Kier molecular flexibility index (Phi) is 11.8. The summed E-state index contributed by atoms with van der Waals surface area (Å²) in [6, 6.07) is 3.65. The van der Waals surface area contributed by atoms with Gasteiger partial charge >= 0.3 is 16.2 Å². The number of fused-ring (bicyclic) bond motifs is 2. The zero-order chi connectivity index (χ0) is 37.1. The zero-order valence-corrected chi connectivity index (χ0v) is 31.9. The van der Waals surface area contributed by atoms with Crippen molar-refractivity contribution in [3.63, 3.8) is 0 Å². The Morgan fingerprint density at radius 1 is 1.22 bits per heavy atom. The number of pyridine rings is 1. The molecule has 3 heterocycles. The summed E-state index contributed by atoms with van der Waals surface area (Å²) in [7, 11) is 1.63. The van der Waals surface area contributed by atoms with E-state index in [4.69, 9.17) is 31.0 Å². The first kappa shape index (κ1) is 38.2. The van der Waals surface area contributed by atoms with Gasteiger partial charge in [0.25, 0.3) is 5.91 Å². The summed E-state index contributed by atoms with van der Waals surface area (Å²) in [6.07, 6.45) is 6.22. The van der Waals surface area contributed by atoms with Gasteiger partial charge in [-0.05, 0) is 43.7 Å². The minimum Gasteiger partial charge on any atom is -0.495 e. The number of benzene rings is 1. The fourth-order valence-corrected chi connectivity index (χ4v) is 7.46. The van der Waals surface area contributed by atoms with Gasteiger partial charge in [-0.15, -0.1) is 11.3 Å². The monoisotopic (exact) mass is 761 g/mol. The van der Waals surface area contributed by atoms with E-state index < -0.39 is 45.6 Å². The maximum atomic E-state index is 13.9. The summed E-state index contributed by atoms with van der Waals surface area (Å²) in [5, 5.41) is 9.14. The third-order valence-electron chi connectivity index (χ3n) is 8.98. The van der Waals surface area contributed by atoms with Gasteiger partial charge in [0.15, 0.2) is 0 Å². The highest BCUT2D eigenvalue weighted by atomic mass is 35.5. The molecule has 1 saturated carbocycles. The molecule has 1 aliphatic carbocycles. The fraction of sp³-hybridized carbons (Fsp3) is 0.500. The van der Waals surface area contributed by atoms with E-state index in [0.717, 1.165) is 22.8 Å². The molecule has 0 radical (unpaired) electrons. The molecule has 2 aliphatic rings. The van der Waals surface area contributed by atoms with Gasteiger partial charge in [0, 0.05) is 56.9 Å². The van der Waals surface area contributed by atoms with E-state index in [1.54, 1.807) is 25.2 Å². The van der Waals surface area contributed by atoms with Crippen LogP contribution in [0.4, 0.5) is 4.79 Å². The fourth-order valence-electron chi connectivity index (χ4n) is 5.64. The molecule has 4 amide bonds. The van der Waals surface area contributed by atoms with Gasteiger partial charge in [-0.3, -0.25) is 9.59 Å². The number of rotatable bonds is 10. The number of halogens is 1. The van der Waals surface area contributed by atoms with Crippen molar-refractivity contribution in [1.29, 1.82) is 0 Å². The van der Waals surface area contributed by atoms with Crippen molar-refractivity contribution < 1.29 is 32.3 Å². The maximum absolute atomic E-state index is 13.9. The standard InChI is InChI=1S/C34H44ClN7O7S2/c1-20(2)25-19-50-31(37-25)24-17-27(22-12-13-26(48-6)28(35)29(22)36-24)49-16-14-23-30(43)39-34(32(44)40-51(46,47)41(3)4)18-21(34)11-9-7-8-10-15-42(5)33(45)38-23/h9,11-13,17,19-21,23H,7-8,10,14-16,18H2,1-6H3,(H,38,45)(H,39,43)(H,40,44). The van der Waals surface area contributed by atoms with Crippen LogP contribution in [0.3, 0.4) is 0 Å². The van der Waals surface area contributed by atoms with Crippen LogP contribution >= 0.6 is 22.9 Å². The Balaban J connectivity index is 1.43. The van der Waals surface area contributed by atoms with Crippen molar-refractivity contribution in [2.24, 2.45) is 5.92 Å². The van der Waals surface area contributed by atoms with Gasteiger partial charge < -0.3 is 25.0 Å². The minimum atomic E-state index is -4.13. The second-order valence-corrected chi connectivity index (χ2v) is 16.3. The smallest absolute Gasteiger partial charge is 0.317 e. The lowest BCUT2D eigenvalue weighted by Gasteiger charge is -2.26. The molecule has 0 bridgehead atoms. The van der Waals surface area contributed by atoms with Crippen LogP contribution in [0.5, 0.6) is 11.5 Å². The summed E-state index contributed by atoms with van der Waals surface area (Å²) in [6.45, 7) is 4.56. The van der Waals surface area contributed by atoms with Gasteiger partial charge in [0.1, 0.15) is 38.8 Å². The van der Waals surface area contributed by atoms with E-state index in [1.165, 1.54) is 37.4 Å². The van der Waals surface area contributed by atoms with E-state index in [-0.39, 0.29) is 25.4 Å². The van der Waals surface area contributed by atoms with Crippen LogP contribution in [0.15, 0.2) is 35.7 Å². The number of hydrogen-bond acceptors (Lipinski definition) is 10. The van der Waals surface area contributed by atoms with Gasteiger partial charge in [-0.1, -0.05) is 37.6 Å². The average Bonchev–Trinajstić information content (AvgIpc) is 3.53. The van der Waals surface area contributed by atoms with E-state index in [2.05, 4.69) is 29.2 Å². The quantitative estimate of drug-likeness (QED) is 0.252. The molecule has 3 aromatic rings. The predicted octanol–water partition coefficient (Wildman–Crippen LogP) is 4.46. The van der Waals surface area contributed by atoms with Crippen molar-refractivity contribution in [3.05, 3.63) is 46.4 Å². The van der Waals surface area contributed by atoms with Gasteiger partial charge in [-0.25, -0.2) is 19.5 Å². The first-order valence-electron chi connectivity index (χ1n) is 16.7. The molecule has 2 aromatic heterocycles. The molecule has 1 aromatic carbocycles. The molecule has 3 N–H and O–H groups in total. The summed E-state index contributed by atoms with van der Waals surface area (Å²) in [5.41, 5.74) is 0.411. The molecular weight excluding hydrogens is 718 g/mol. The first-order valence-corrected chi connectivity index (χ1v) is 19.4. The van der Waals surface area contributed by atoms with Gasteiger partial charge in [-0.2, -0.15) is 12.7 Å². The van der Waals surface area contributed by atoms with E-state index in [1.807, 2.05) is 17.5 Å². The van der Waals surface area contributed by atoms with Crippen LogP contribution in [0, 0.1) is 5.92 Å². The Bertz CT molecular complexity index is 1930. The summed E-state index contributed by atoms with van der Waals surface area (Å²) in [4.78, 5) is 51.7. The van der Waals surface area contributed by atoms with Crippen LogP contribution in [0.25, 0.3) is 21.6 Å². The number of thiazole rings is 1. The molecule has 1 aliphatic heterocycles. The van der Waals surface area contributed by atoms with E-state index >= 15 is 0 Å². The lowest BCUT2D eigenvalue weighted by Crippen LogP contribution is -2.58. The molecular formula is C34H44ClN7O7S2. The van der Waals surface area contributed by atoms with Gasteiger partial charge in [0.05, 0.1) is 24.9 Å². The SMILES string of the molecule is COc1ccc2c(OCCC3NC(=O)N(C)CCCCC=CC4CC4(C(=O)NS(=O)(=O)N(C)C)NC3=O)cc(-c3nc(C(C)C)cs3)nc2c1Cl. The number of nitrogens with one attached hydrogen (secondary N) is 3. The van der Waals surface area contributed by atoms with Crippen LogP contribution in [0.2, 0.25) is 5.02 Å². The second-order valence-electron chi connectivity index (χ2n) is 13.2. The number of methoxy groups -OCH3 is 1. The summed E-state index contributed by atoms with van der Waals surface area (Å²) >= 11 is 8.16. The number of hydrogen-bond donors (Lipinski definition) is 3. The number of carbonyl (C=O) groups excluding carboxylic acids is 3. The second kappa shape index (κ2) is 15.7. The third kappa shape index (κ3) is 8.56. The Labute approximate surface area is 307 Å². The van der Waals surface area contributed by atoms with Crippen molar-refractivity contribution in [1.82, 2.24) is 34.5 Å². The number of ether oxygens (including phenoxy) is 2. The Morgan fingerprint density at radius 3 is 2.67 bits per heavy atom. The van der Waals surface area contributed by atoms with Gasteiger partial charge in [0.2, 0.25) is 5.91 Å². The molecule has 17 heteroatoms. The van der Waals surface area contributed by atoms with E-state index in [0.29, 0.717) is 51.1 Å². The molecule has 0 saturated heterocycles. The average molecular weight is 762 g/mol. The normalized spacial score (nSPS) is 21.5. The van der Waals surface area contributed by atoms with Crippen molar-refractivity contribution in [2.45, 2.75) is 63.5 Å². The minimum absolute atomic E-state index is 0.0113. The van der Waals surface area contributed by atoms with E-state index in [9.17, 15) is 22.8 Å². The number of amides is 4. The molecule has 3 unspecified atom stereocenters. The molecule has 51 heavy (non-hydrogen) atoms. The molecule has 5 rings (SSSR count). The number of aromatic nitrogens is 2. The van der Waals surface area contributed by atoms with Crippen molar-refractivity contribution >= 4 is 61.9 Å². The van der Waals surface area contributed by atoms with Crippen molar-refractivity contribution in [2.75, 3.05) is 41.4 Å². The van der Waals surface area contributed by atoms with Crippen LogP contribution < -0.4 is 24.8 Å². The number of allylic oxidation sites excluding steroid dienone is 1. The topological polar surface area (TPSA) is 172 Å². The highest BCUT2D eigenvalue weighted by Crippen LogP contribution is 2.45. The van der Waals surface area contributed by atoms with Crippen LogP contribution in [-0.2, 0) is 19.8 Å². The molecule has 14 nitrogen and oxygen atoms in total.